The van der Waals surface area contributed by atoms with Crippen LogP contribution in [0.4, 0.5) is 13.2 Å². The van der Waals surface area contributed by atoms with Crippen molar-refractivity contribution in [2.75, 3.05) is 0 Å². The highest BCUT2D eigenvalue weighted by molar-refractivity contribution is 6.29. The molecule has 0 radical (unpaired) electrons. The van der Waals surface area contributed by atoms with Crippen LogP contribution in [0.25, 0.3) is 0 Å². The van der Waals surface area contributed by atoms with Crippen LogP contribution in [-0.2, 0) is 0 Å². The lowest BCUT2D eigenvalue weighted by molar-refractivity contribution is -0.206. The van der Waals surface area contributed by atoms with E-state index in [9.17, 15) is 18.0 Å². The Morgan fingerprint density at radius 1 is 1.05 bits per heavy atom. The number of carbonyl (C=O) groups is 1. The molecule has 0 bridgehead atoms. The summed E-state index contributed by atoms with van der Waals surface area (Å²) >= 11 is 10.8. The molecular weight excluding hydrogens is 344 g/mol. The van der Waals surface area contributed by atoms with Gasteiger partial charge in [-0.25, -0.2) is 9.97 Å². The van der Waals surface area contributed by atoms with Crippen LogP contribution >= 0.6 is 23.2 Å². The molecule has 0 aliphatic carbocycles. The maximum atomic E-state index is 11.9. The zero-order valence-corrected chi connectivity index (χ0v) is 12.3. The second-order valence-electron chi connectivity index (χ2n) is 3.89. The summed E-state index contributed by atoms with van der Waals surface area (Å²) in [6, 6.07) is 5.45. The molecule has 0 aliphatic heterocycles. The van der Waals surface area contributed by atoms with E-state index in [0.29, 0.717) is 10.7 Å². The molecule has 1 unspecified atom stereocenters. The lowest BCUT2D eigenvalue weighted by Crippen LogP contribution is -2.20. The van der Waals surface area contributed by atoms with Gasteiger partial charge in [-0.2, -0.15) is 13.2 Å². The van der Waals surface area contributed by atoms with Crippen molar-refractivity contribution in [3.8, 4) is 0 Å². The van der Waals surface area contributed by atoms with E-state index >= 15 is 0 Å². The van der Waals surface area contributed by atoms with Gasteiger partial charge < -0.3 is 5.11 Å². The Balaban J connectivity index is 0.000000235. The molecule has 0 spiro atoms. The van der Waals surface area contributed by atoms with Gasteiger partial charge in [-0.05, 0) is 18.2 Å². The van der Waals surface area contributed by atoms with Crippen molar-refractivity contribution in [2.45, 2.75) is 12.3 Å². The van der Waals surface area contributed by atoms with E-state index in [-0.39, 0.29) is 10.7 Å². The Kier molecular flexibility index (Phi) is 6.73. The van der Waals surface area contributed by atoms with E-state index in [1.54, 1.807) is 12.1 Å². The molecule has 22 heavy (non-hydrogen) atoms. The molecule has 0 fully saturated rings. The largest absolute Gasteiger partial charge is 0.418 e. The van der Waals surface area contributed by atoms with Crippen molar-refractivity contribution >= 4 is 29.5 Å². The summed E-state index contributed by atoms with van der Waals surface area (Å²) in [5.74, 6) is 0. The van der Waals surface area contributed by atoms with Crippen LogP contribution < -0.4 is 0 Å². The SMILES string of the molecule is O=Cc1ccc(Cl)nc1.OC(c1ccc(Cl)nc1)C(F)(F)F. The maximum absolute atomic E-state index is 11.9. The minimum absolute atomic E-state index is 0.0816. The number of halogens is 5. The fourth-order valence-electron chi connectivity index (χ4n) is 1.19. The zero-order chi connectivity index (χ0) is 16.8. The first-order valence-corrected chi connectivity index (χ1v) is 6.42. The first kappa shape index (κ1) is 18.3. The summed E-state index contributed by atoms with van der Waals surface area (Å²) in [6.45, 7) is 0. The van der Waals surface area contributed by atoms with Crippen molar-refractivity contribution < 1.29 is 23.1 Å². The quantitative estimate of drug-likeness (QED) is 0.658. The summed E-state index contributed by atoms with van der Waals surface area (Å²) in [5, 5.41) is 9.22. The van der Waals surface area contributed by atoms with Gasteiger partial charge in [0.2, 0.25) is 0 Å². The van der Waals surface area contributed by atoms with E-state index in [2.05, 4.69) is 9.97 Å². The van der Waals surface area contributed by atoms with Gasteiger partial charge >= 0.3 is 6.18 Å². The van der Waals surface area contributed by atoms with Gasteiger partial charge in [0.1, 0.15) is 10.3 Å². The van der Waals surface area contributed by atoms with Crippen LogP contribution in [0, 0.1) is 0 Å². The van der Waals surface area contributed by atoms with E-state index in [4.69, 9.17) is 28.3 Å². The second-order valence-corrected chi connectivity index (χ2v) is 4.67. The molecule has 9 heteroatoms. The number of hydrogen-bond donors (Lipinski definition) is 1. The smallest absolute Gasteiger partial charge is 0.379 e. The molecule has 2 heterocycles. The van der Waals surface area contributed by atoms with Crippen LogP contribution in [0.15, 0.2) is 36.7 Å². The number of nitrogens with zero attached hydrogens (tertiary/aromatic N) is 2. The normalized spacial score (nSPS) is 12.1. The van der Waals surface area contributed by atoms with Crippen molar-refractivity contribution in [2.24, 2.45) is 0 Å². The van der Waals surface area contributed by atoms with Crippen LogP contribution in [0.2, 0.25) is 10.3 Å². The van der Waals surface area contributed by atoms with Crippen molar-refractivity contribution in [1.29, 1.82) is 0 Å². The van der Waals surface area contributed by atoms with Gasteiger partial charge in [0.05, 0.1) is 0 Å². The minimum Gasteiger partial charge on any atom is -0.379 e. The topological polar surface area (TPSA) is 63.1 Å². The monoisotopic (exact) mass is 352 g/mol. The summed E-state index contributed by atoms with van der Waals surface area (Å²) in [4.78, 5) is 17.1. The molecule has 0 aromatic carbocycles. The van der Waals surface area contributed by atoms with Crippen molar-refractivity contribution in [3.05, 3.63) is 58.1 Å². The third kappa shape index (κ3) is 5.97. The number of hydrogen-bond acceptors (Lipinski definition) is 4. The third-order valence-corrected chi connectivity index (χ3v) is 2.71. The van der Waals surface area contributed by atoms with E-state index in [1.807, 2.05) is 0 Å². The average molecular weight is 353 g/mol. The lowest BCUT2D eigenvalue weighted by Gasteiger charge is -2.13. The molecule has 2 rings (SSSR count). The van der Waals surface area contributed by atoms with E-state index in [0.717, 1.165) is 18.5 Å². The molecule has 118 valence electrons. The highest BCUT2D eigenvalue weighted by Crippen LogP contribution is 2.32. The highest BCUT2D eigenvalue weighted by atomic mass is 35.5. The molecule has 1 N–H and O–H groups in total. The second kappa shape index (κ2) is 8.07. The first-order valence-electron chi connectivity index (χ1n) is 5.67. The number of rotatable bonds is 2. The average Bonchev–Trinajstić information content (AvgIpc) is 2.48. The van der Waals surface area contributed by atoms with Crippen LogP contribution in [0.5, 0.6) is 0 Å². The fourth-order valence-corrected chi connectivity index (χ4v) is 1.42. The predicted octanol–water partition coefficient (Wildman–Crippen LogP) is 3.88. The highest BCUT2D eigenvalue weighted by Gasteiger charge is 2.39. The Bertz CT molecular complexity index is 604. The zero-order valence-electron chi connectivity index (χ0n) is 10.8. The van der Waals surface area contributed by atoms with Gasteiger partial charge in [0.15, 0.2) is 12.4 Å². The standard InChI is InChI=1S/C7H5ClF3NO.C6H4ClNO/c8-5-2-1-4(3-12-5)6(13)7(9,10)11;7-6-2-1-5(4-9)3-8-6/h1-3,6,13H;1-4H. The summed E-state index contributed by atoms with van der Waals surface area (Å²) in [7, 11) is 0. The lowest BCUT2D eigenvalue weighted by atomic mass is 10.1. The van der Waals surface area contributed by atoms with Crippen LogP contribution in [-0.4, -0.2) is 27.5 Å². The molecule has 4 nitrogen and oxygen atoms in total. The third-order valence-electron chi connectivity index (χ3n) is 2.26. The Labute approximate surface area is 133 Å². The van der Waals surface area contributed by atoms with Gasteiger partial charge in [-0.1, -0.05) is 29.3 Å². The Morgan fingerprint density at radius 2 is 1.59 bits per heavy atom. The molecule has 1 atom stereocenters. The number of aliphatic hydroxyl groups excluding tert-OH is 1. The molecule has 0 aliphatic rings. The van der Waals surface area contributed by atoms with Crippen molar-refractivity contribution in [3.63, 3.8) is 0 Å². The number of carbonyl (C=O) groups excluding carboxylic acids is 1. The number of pyridine rings is 2. The molecule has 0 amide bonds. The predicted molar refractivity (Wildman–Crippen MR) is 74.9 cm³/mol. The van der Waals surface area contributed by atoms with Crippen LogP contribution in [0.1, 0.15) is 22.0 Å². The van der Waals surface area contributed by atoms with E-state index in [1.165, 1.54) is 12.3 Å². The summed E-state index contributed by atoms with van der Waals surface area (Å²) < 4.78 is 35.8. The number of aromatic nitrogens is 2. The number of aldehydes is 1. The molecule has 2 aromatic heterocycles. The minimum atomic E-state index is -4.67. The van der Waals surface area contributed by atoms with E-state index < -0.39 is 12.3 Å². The summed E-state index contributed by atoms with van der Waals surface area (Å²) in [6.07, 6.45) is -4.13. The first-order chi connectivity index (χ1) is 10.2. The number of alkyl halides is 3. The molecule has 2 aromatic rings. The van der Waals surface area contributed by atoms with Gasteiger partial charge in [0, 0.05) is 23.5 Å². The Hall–Kier alpha value is -1.70. The number of aliphatic hydroxyl groups is 1. The van der Waals surface area contributed by atoms with Crippen LogP contribution in [0.3, 0.4) is 0 Å². The van der Waals surface area contributed by atoms with Gasteiger partial charge in [-0.3, -0.25) is 4.79 Å². The van der Waals surface area contributed by atoms with Gasteiger partial charge in [0.25, 0.3) is 0 Å². The van der Waals surface area contributed by atoms with Crippen molar-refractivity contribution in [1.82, 2.24) is 9.97 Å². The fraction of sp³-hybridized carbons (Fsp3) is 0.154. The maximum Gasteiger partial charge on any atom is 0.418 e. The molecule has 0 saturated heterocycles. The molecular formula is C13H9Cl2F3N2O2. The Morgan fingerprint density at radius 3 is 1.95 bits per heavy atom. The summed E-state index contributed by atoms with van der Waals surface area (Å²) in [5.41, 5.74) is 0.219. The van der Waals surface area contributed by atoms with Gasteiger partial charge in [-0.15, -0.1) is 0 Å². The molecule has 0 saturated carbocycles.